The van der Waals surface area contributed by atoms with Crippen LogP contribution in [-0.4, -0.2) is 59.8 Å². The number of carbonyl (C=O) groups is 2. The second-order valence-electron chi connectivity index (χ2n) is 6.84. The number of aliphatic hydroxyl groups is 2. The molecule has 0 saturated carbocycles. The summed E-state index contributed by atoms with van der Waals surface area (Å²) >= 11 is 3.35. The topological polar surface area (TPSA) is 96.3 Å². The highest BCUT2D eigenvalue weighted by atomic mass is 79.9. The second kappa shape index (κ2) is 10.6. The van der Waals surface area contributed by atoms with E-state index in [1.807, 2.05) is 6.92 Å². The summed E-state index contributed by atoms with van der Waals surface area (Å²) < 4.78 is 11.6. The molecule has 1 fully saturated rings. The van der Waals surface area contributed by atoms with Crippen LogP contribution in [-0.2, 0) is 14.3 Å². The van der Waals surface area contributed by atoms with Gasteiger partial charge in [0.1, 0.15) is 11.5 Å². The number of benzene rings is 2. The molecule has 3 rings (SSSR count). The van der Waals surface area contributed by atoms with Gasteiger partial charge in [-0.1, -0.05) is 40.2 Å². The van der Waals surface area contributed by atoms with Crippen molar-refractivity contribution >= 4 is 33.4 Å². The molecule has 0 radical (unpaired) electrons. The van der Waals surface area contributed by atoms with Crippen LogP contribution in [0.2, 0.25) is 0 Å². The Hall–Kier alpha value is -2.68. The van der Waals surface area contributed by atoms with Crippen molar-refractivity contribution in [3.63, 3.8) is 0 Å². The average Bonchev–Trinajstić information content (AvgIpc) is 3.02. The monoisotopic (exact) mass is 489 g/mol. The molecule has 1 aliphatic heterocycles. The second-order valence-corrected chi connectivity index (χ2v) is 7.75. The van der Waals surface area contributed by atoms with Crippen molar-refractivity contribution < 1.29 is 29.3 Å². The first-order valence-corrected chi connectivity index (χ1v) is 10.7. The number of ether oxygens (including phenoxy) is 2. The van der Waals surface area contributed by atoms with E-state index in [4.69, 9.17) is 14.6 Å². The SMILES string of the molecule is CCOc1ccc(C2/C(=C(/O)c3ccc(Br)cc3)C(=O)C(=O)N2CCOCCO)cc1. The van der Waals surface area contributed by atoms with E-state index in [2.05, 4.69) is 15.9 Å². The Balaban J connectivity index is 2.03. The smallest absolute Gasteiger partial charge is 0.295 e. The predicted molar refractivity (Wildman–Crippen MR) is 119 cm³/mol. The summed E-state index contributed by atoms with van der Waals surface area (Å²) in [5.74, 6) is -1.02. The summed E-state index contributed by atoms with van der Waals surface area (Å²) in [5, 5.41) is 19.9. The van der Waals surface area contributed by atoms with Gasteiger partial charge in [0.15, 0.2) is 0 Å². The normalized spacial score (nSPS) is 17.9. The van der Waals surface area contributed by atoms with E-state index in [-0.39, 0.29) is 37.7 Å². The van der Waals surface area contributed by atoms with Crippen molar-refractivity contribution in [2.75, 3.05) is 33.0 Å². The molecule has 1 atom stereocenters. The molecule has 2 N–H and O–H groups in total. The van der Waals surface area contributed by atoms with E-state index in [0.717, 1.165) is 4.47 Å². The van der Waals surface area contributed by atoms with Crippen molar-refractivity contribution in [1.82, 2.24) is 4.90 Å². The first kappa shape index (κ1) is 23.0. The average molecular weight is 490 g/mol. The minimum Gasteiger partial charge on any atom is -0.507 e. The lowest BCUT2D eigenvalue weighted by atomic mass is 9.95. The number of hydrogen-bond acceptors (Lipinski definition) is 6. The highest BCUT2D eigenvalue weighted by molar-refractivity contribution is 9.10. The number of aliphatic hydroxyl groups excluding tert-OH is 2. The van der Waals surface area contributed by atoms with Crippen LogP contribution < -0.4 is 4.74 Å². The highest BCUT2D eigenvalue weighted by Crippen LogP contribution is 2.39. The zero-order valence-corrected chi connectivity index (χ0v) is 18.7. The van der Waals surface area contributed by atoms with Gasteiger partial charge in [-0.05, 0) is 36.8 Å². The summed E-state index contributed by atoms with van der Waals surface area (Å²) in [6, 6.07) is 13.2. The van der Waals surface area contributed by atoms with Gasteiger partial charge in [-0.25, -0.2) is 0 Å². The molecule has 0 bridgehead atoms. The summed E-state index contributed by atoms with van der Waals surface area (Å²) in [6.07, 6.45) is 0. The zero-order valence-electron chi connectivity index (χ0n) is 17.1. The summed E-state index contributed by atoms with van der Waals surface area (Å²) in [4.78, 5) is 27.1. The van der Waals surface area contributed by atoms with E-state index in [9.17, 15) is 14.7 Å². The lowest BCUT2D eigenvalue weighted by Crippen LogP contribution is -2.33. The molecule has 164 valence electrons. The van der Waals surface area contributed by atoms with Gasteiger partial charge >= 0.3 is 0 Å². The minimum absolute atomic E-state index is 0.0265. The molecule has 1 unspecified atom stereocenters. The minimum atomic E-state index is -0.767. The third kappa shape index (κ3) is 5.15. The lowest BCUT2D eigenvalue weighted by Gasteiger charge is -2.25. The van der Waals surface area contributed by atoms with Crippen LogP contribution >= 0.6 is 15.9 Å². The zero-order chi connectivity index (χ0) is 22.4. The molecule has 8 heteroatoms. The highest BCUT2D eigenvalue weighted by Gasteiger charge is 2.45. The Bertz CT molecular complexity index is 955. The number of hydrogen-bond donors (Lipinski definition) is 2. The molecule has 2 aromatic rings. The maximum absolute atomic E-state index is 12.9. The van der Waals surface area contributed by atoms with E-state index < -0.39 is 17.7 Å². The number of likely N-dealkylation sites (tertiary alicyclic amines) is 1. The number of ketones is 1. The first-order chi connectivity index (χ1) is 15.0. The number of rotatable bonds is 9. The van der Waals surface area contributed by atoms with Gasteiger partial charge in [0, 0.05) is 16.6 Å². The number of nitrogens with zero attached hydrogens (tertiary/aromatic N) is 1. The van der Waals surface area contributed by atoms with Gasteiger partial charge in [0.05, 0.1) is 38.0 Å². The van der Waals surface area contributed by atoms with Gasteiger partial charge in [-0.15, -0.1) is 0 Å². The molecule has 2 aromatic carbocycles. The van der Waals surface area contributed by atoms with E-state index in [0.29, 0.717) is 23.5 Å². The van der Waals surface area contributed by atoms with Crippen LogP contribution in [0, 0.1) is 0 Å². The maximum atomic E-state index is 12.9. The third-order valence-electron chi connectivity index (χ3n) is 4.88. The number of halogens is 1. The molecule has 1 saturated heterocycles. The van der Waals surface area contributed by atoms with Crippen molar-refractivity contribution in [1.29, 1.82) is 0 Å². The molecule has 7 nitrogen and oxygen atoms in total. The Labute approximate surface area is 189 Å². The van der Waals surface area contributed by atoms with E-state index in [1.54, 1.807) is 48.5 Å². The summed E-state index contributed by atoms with van der Waals surface area (Å²) in [7, 11) is 0. The maximum Gasteiger partial charge on any atom is 0.295 e. The Morgan fingerprint density at radius 2 is 1.74 bits per heavy atom. The van der Waals surface area contributed by atoms with Crippen molar-refractivity contribution in [2.45, 2.75) is 13.0 Å². The summed E-state index contributed by atoms with van der Waals surface area (Å²) in [5.41, 5.74) is 1.13. The number of amides is 1. The van der Waals surface area contributed by atoms with Crippen LogP contribution in [0.5, 0.6) is 5.75 Å². The first-order valence-electron chi connectivity index (χ1n) is 9.93. The molecular weight excluding hydrogens is 466 g/mol. The number of carbonyl (C=O) groups excluding carboxylic acids is 2. The third-order valence-corrected chi connectivity index (χ3v) is 5.41. The van der Waals surface area contributed by atoms with Crippen molar-refractivity contribution in [3.05, 3.63) is 69.7 Å². The summed E-state index contributed by atoms with van der Waals surface area (Å²) in [6.45, 7) is 2.69. The van der Waals surface area contributed by atoms with Crippen molar-refractivity contribution in [3.8, 4) is 5.75 Å². The van der Waals surface area contributed by atoms with Crippen LogP contribution in [0.15, 0.2) is 58.6 Å². The molecule has 31 heavy (non-hydrogen) atoms. The Kier molecular flexibility index (Phi) is 7.84. The van der Waals surface area contributed by atoms with Crippen LogP contribution in [0.1, 0.15) is 24.1 Å². The van der Waals surface area contributed by atoms with Gasteiger partial charge in [0.25, 0.3) is 11.7 Å². The van der Waals surface area contributed by atoms with Crippen LogP contribution in [0.3, 0.4) is 0 Å². The molecule has 0 aliphatic carbocycles. The number of Topliss-reactive ketones (excluding diaryl/α,β-unsaturated/α-hetero) is 1. The molecule has 0 aromatic heterocycles. The van der Waals surface area contributed by atoms with Crippen molar-refractivity contribution in [2.24, 2.45) is 0 Å². The van der Waals surface area contributed by atoms with Crippen LogP contribution in [0.25, 0.3) is 5.76 Å². The quantitative estimate of drug-likeness (QED) is 0.243. The largest absolute Gasteiger partial charge is 0.507 e. The fraction of sp³-hybridized carbons (Fsp3) is 0.304. The van der Waals surface area contributed by atoms with Gasteiger partial charge in [-0.2, -0.15) is 0 Å². The van der Waals surface area contributed by atoms with E-state index >= 15 is 0 Å². The lowest BCUT2D eigenvalue weighted by molar-refractivity contribution is -0.140. The van der Waals surface area contributed by atoms with E-state index in [1.165, 1.54) is 4.90 Å². The molecule has 1 aliphatic rings. The van der Waals surface area contributed by atoms with Gasteiger partial charge in [0.2, 0.25) is 0 Å². The van der Waals surface area contributed by atoms with Gasteiger partial charge < -0.3 is 24.6 Å². The Morgan fingerprint density at radius 1 is 1.06 bits per heavy atom. The molecule has 0 spiro atoms. The van der Waals surface area contributed by atoms with Gasteiger partial charge in [-0.3, -0.25) is 9.59 Å². The standard InChI is InChI=1S/C23H24BrNO6/c1-2-31-18-9-5-15(6-10-18)20-19(21(27)16-3-7-17(24)8-4-16)22(28)23(29)25(20)11-13-30-14-12-26/h3-10,20,26-27H,2,11-14H2,1H3/b21-19-. The molecular formula is C23H24BrNO6. The van der Waals surface area contributed by atoms with Crippen LogP contribution in [0.4, 0.5) is 0 Å². The fourth-order valence-corrected chi connectivity index (χ4v) is 3.73. The predicted octanol–water partition coefficient (Wildman–Crippen LogP) is 3.28. The fourth-order valence-electron chi connectivity index (χ4n) is 3.46. The molecule has 1 amide bonds. The Morgan fingerprint density at radius 3 is 2.35 bits per heavy atom. The molecule has 1 heterocycles.